The molecule has 0 aliphatic carbocycles. The highest BCUT2D eigenvalue weighted by Crippen LogP contribution is 2.29. The maximum absolute atomic E-state index is 12.2. The van der Waals surface area contributed by atoms with Crippen molar-refractivity contribution in [1.82, 2.24) is 0 Å². The molecule has 2 saturated heterocycles. The molecule has 0 bridgehead atoms. The van der Waals surface area contributed by atoms with E-state index in [9.17, 15) is 9.59 Å². The van der Waals surface area contributed by atoms with Crippen molar-refractivity contribution in [3.63, 3.8) is 0 Å². The molecule has 51 heavy (non-hydrogen) atoms. The predicted molar refractivity (Wildman–Crippen MR) is 208 cm³/mol. The zero-order chi connectivity index (χ0) is 36.5. The Kier molecular flexibility index (Phi) is 28.4. The fourth-order valence-electron chi connectivity index (χ4n) is 6.61. The number of carbonyl (C=O) groups excluding carboxylic acids is 2. The van der Waals surface area contributed by atoms with Crippen LogP contribution in [0.25, 0.3) is 0 Å². The Hall–Kier alpha value is -1.68. The molecular weight excluding hydrogens is 643 g/mol. The van der Waals surface area contributed by atoms with E-state index in [1.807, 2.05) is 0 Å². The van der Waals surface area contributed by atoms with Gasteiger partial charge < -0.3 is 28.1 Å². The number of esters is 2. The molecule has 296 valence electrons. The lowest BCUT2D eigenvalue weighted by Gasteiger charge is -2.28. The van der Waals surface area contributed by atoms with Gasteiger partial charge in [0.2, 0.25) is 0 Å². The molecule has 9 heteroatoms. The zero-order valence-electron chi connectivity index (χ0n) is 32.9. The second-order valence-electron chi connectivity index (χ2n) is 14.8. The van der Waals surface area contributed by atoms with E-state index in [-0.39, 0.29) is 38.4 Å². The van der Waals surface area contributed by atoms with Gasteiger partial charge in [0.1, 0.15) is 13.2 Å². The topological polar surface area (TPSA) is 89.5 Å². The first kappa shape index (κ1) is 45.5. The van der Waals surface area contributed by atoms with Gasteiger partial charge in [-0.3, -0.25) is 9.59 Å². The van der Waals surface area contributed by atoms with E-state index in [0.29, 0.717) is 12.8 Å². The van der Waals surface area contributed by atoms with Crippen LogP contribution in [0.1, 0.15) is 194 Å². The first-order valence-electron chi connectivity index (χ1n) is 21.4. The molecule has 0 aromatic carbocycles. The summed E-state index contributed by atoms with van der Waals surface area (Å²) in [5.74, 6) is -0.428. The highest BCUT2D eigenvalue weighted by Gasteiger charge is 2.47. The number of carbonyl (C=O) groups is 2. The van der Waals surface area contributed by atoms with Crippen LogP contribution in [0.3, 0.4) is 0 Å². The number of ether oxygens (including phenoxy) is 2. The Morgan fingerprint density at radius 1 is 0.490 bits per heavy atom. The molecule has 2 unspecified atom stereocenters. The van der Waals surface area contributed by atoms with Crippen LogP contribution in [0.5, 0.6) is 0 Å². The summed E-state index contributed by atoms with van der Waals surface area (Å²) in [5, 5.41) is 0. The van der Waals surface area contributed by atoms with E-state index in [1.165, 1.54) is 116 Å². The minimum Gasteiger partial charge on any atom is -0.517 e. The van der Waals surface area contributed by atoms with Crippen molar-refractivity contribution < 1.29 is 37.7 Å². The maximum atomic E-state index is 12.2. The number of rotatable bonds is 34. The van der Waals surface area contributed by atoms with Gasteiger partial charge in [-0.15, -0.1) is 0 Å². The molecule has 0 amide bonds. The molecule has 0 radical (unpaired) electrons. The van der Waals surface area contributed by atoms with E-state index in [1.54, 1.807) is 0 Å². The van der Waals surface area contributed by atoms with Crippen LogP contribution in [-0.4, -0.2) is 57.5 Å². The van der Waals surface area contributed by atoms with Crippen molar-refractivity contribution in [3.05, 3.63) is 24.3 Å². The van der Waals surface area contributed by atoms with Crippen molar-refractivity contribution in [2.24, 2.45) is 0 Å². The summed E-state index contributed by atoms with van der Waals surface area (Å²) >= 11 is 0. The summed E-state index contributed by atoms with van der Waals surface area (Å²) in [6.45, 7) is 2.83. The van der Waals surface area contributed by atoms with Gasteiger partial charge in [-0.25, -0.2) is 0 Å². The lowest BCUT2D eigenvalue weighted by Crippen LogP contribution is -2.41. The number of unbranched alkanes of at least 4 members (excludes halogenated alkanes) is 22. The molecule has 8 nitrogen and oxygen atoms in total. The first-order valence-corrected chi connectivity index (χ1v) is 21.4. The van der Waals surface area contributed by atoms with E-state index >= 15 is 0 Å². The lowest BCUT2D eigenvalue weighted by atomic mass is 10.1. The minimum absolute atomic E-state index is 0.107. The fraction of sp³-hybridized carbons (Fsp3) is 0.857. The molecule has 2 aliphatic rings. The van der Waals surface area contributed by atoms with Gasteiger partial charge in [0.15, 0.2) is 0 Å². The van der Waals surface area contributed by atoms with Gasteiger partial charge in [0.25, 0.3) is 0 Å². The molecule has 2 aliphatic heterocycles. The predicted octanol–water partition coefficient (Wildman–Crippen LogP) is 11.4. The summed E-state index contributed by atoms with van der Waals surface area (Å²) in [6, 6.07) is 0. The van der Waals surface area contributed by atoms with Gasteiger partial charge in [-0.05, 0) is 64.2 Å². The third-order valence-electron chi connectivity index (χ3n) is 9.84. The molecule has 0 saturated carbocycles. The van der Waals surface area contributed by atoms with Crippen LogP contribution in [0.15, 0.2) is 24.3 Å². The van der Waals surface area contributed by atoms with E-state index in [0.717, 1.165) is 51.4 Å². The number of allylic oxidation sites excluding steroid dienone is 4. The molecule has 2 rings (SSSR count). The third-order valence-corrected chi connectivity index (χ3v) is 9.84. The summed E-state index contributed by atoms with van der Waals surface area (Å²) < 4.78 is 34.0. The lowest BCUT2D eigenvalue weighted by molar-refractivity contribution is -0.146. The molecule has 1 spiro atoms. The smallest absolute Gasteiger partial charge is 0.517 e. The van der Waals surface area contributed by atoms with Crippen molar-refractivity contribution in [1.29, 1.82) is 0 Å². The Balaban J connectivity index is 1.37. The molecule has 2 heterocycles. The summed E-state index contributed by atoms with van der Waals surface area (Å²) in [6.07, 6.45) is 41.2. The number of hydrogen-bond acceptors (Lipinski definition) is 8. The van der Waals surface area contributed by atoms with Crippen LogP contribution in [-0.2, 0) is 37.7 Å². The third kappa shape index (κ3) is 25.1. The normalized spacial score (nSPS) is 20.4. The fourth-order valence-corrected chi connectivity index (χ4v) is 6.61. The second-order valence-corrected chi connectivity index (χ2v) is 14.8. The highest BCUT2D eigenvalue weighted by molar-refractivity contribution is 6.54. The molecule has 0 N–H and O–H groups in total. The van der Waals surface area contributed by atoms with Gasteiger partial charge in [0.05, 0.1) is 12.2 Å². The quantitative estimate of drug-likeness (QED) is 0.0281. The first-order chi connectivity index (χ1) is 25.1. The average molecular weight is 720 g/mol. The number of hydrogen-bond donors (Lipinski definition) is 0. The van der Waals surface area contributed by atoms with Gasteiger partial charge >= 0.3 is 18.9 Å². The maximum Gasteiger partial charge on any atom is 0.532 e. The summed E-state index contributed by atoms with van der Waals surface area (Å²) in [7, 11) is 0. The monoisotopic (exact) mass is 720 g/mol. The van der Waals surface area contributed by atoms with E-state index in [2.05, 4.69) is 38.2 Å². The average Bonchev–Trinajstić information content (AvgIpc) is 3.74. The van der Waals surface area contributed by atoms with Gasteiger partial charge in [-0.2, -0.15) is 0 Å². The van der Waals surface area contributed by atoms with Crippen molar-refractivity contribution in [2.45, 2.75) is 206 Å². The molecule has 0 aromatic rings. The van der Waals surface area contributed by atoms with Crippen molar-refractivity contribution in [3.8, 4) is 0 Å². The van der Waals surface area contributed by atoms with Crippen LogP contribution in [0.2, 0.25) is 0 Å². The van der Waals surface area contributed by atoms with Crippen molar-refractivity contribution in [2.75, 3.05) is 26.4 Å². The second kappa shape index (κ2) is 31.8. The minimum atomic E-state index is -2.35. The Morgan fingerprint density at radius 2 is 0.804 bits per heavy atom. The van der Waals surface area contributed by atoms with Crippen LogP contribution in [0, 0.1) is 0 Å². The van der Waals surface area contributed by atoms with E-state index in [4.69, 9.17) is 28.1 Å². The van der Waals surface area contributed by atoms with Crippen molar-refractivity contribution >= 4 is 18.9 Å². The molecule has 2 atom stereocenters. The summed E-state index contributed by atoms with van der Waals surface area (Å²) in [5.41, 5.74) is 0. The van der Waals surface area contributed by atoms with E-state index < -0.39 is 19.2 Å². The standard InChI is InChI=1S/C42H76BO8/c1-3-5-7-9-11-13-15-17-19-21-23-25-27-29-31-33-41(44)46-35-39-37-48-43(50-39)49-38-40(51-43)36-47-42(45)34-32-30-28-26-24-22-20-18-16-14-12-10-8-6-4-2/h17-20,39-40H,3-16,21-38H2,1-2H3/q-1. The highest BCUT2D eigenvalue weighted by atomic mass is 16.9. The Morgan fingerprint density at radius 3 is 1.16 bits per heavy atom. The summed E-state index contributed by atoms with van der Waals surface area (Å²) in [4.78, 5) is 24.5. The molecular formula is C42H76BO8-. The zero-order valence-corrected chi connectivity index (χ0v) is 32.9. The Bertz CT molecular complexity index is 837. The van der Waals surface area contributed by atoms with Crippen LogP contribution in [0.4, 0.5) is 0 Å². The van der Waals surface area contributed by atoms with Crippen LogP contribution >= 0.6 is 0 Å². The largest absolute Gasteiger partial charge is 0.532 e. The van der Waals surface area contributed by atoms with Gasteiger partial charge in [0, 0.05) is 26.1 Å². The SMILES string of the molecule is CCCCCCCCC=CCCCCCCCC(=O)OCC1CO[B-]2(OCC(COC(=O)CCCCCCCC=CCCCCCCCC)O2)O1. The molecule has 0 aromatic heterocycles. The Labute approximate surface area is 312 Å². The van der Waals surface area contributed by atoms with Gasteiger partial charge in [-0.1, -0.05) is 141 Å². The molecule has 2 fully saturated rings. The van der Waals surface area contributed by atoms with Crippen LogP contribution < -0.4 is 0 Å².